The van der Waals surface area contributed by atoms with E-state index in [1.165, 1.54) is 28.4 Å². The zero-order valence-electron chi connectivity index (χ0n) is 11.3. The van der Waals surface area contributed by atoms with E-state index >= 15 is 0 Å². The Morgan fingerprint density at radius 1 is 1.29 bits per heavy atom. The molecule has 0 aliphatic rings. The minimum Gasteiger partial charge on any atom is -0.477 e. The molecule has 0 atom stereocenters. The third-order valence-corrected chi connectivity index (χ3v) is 5.20. The monoisotopic (exact) mass is 317 g/mol. The van der Waals surface area contributed by atoms with Crippen LogP contribution in [-0.4, -0.2) is 26.0 Å². The van der Waals surface area contributed by atoms with Crippen LogP contribution < -0.4 is 0 Å². The predicted octanol–water partition coefficient (Wildman–Crippen LogP) is 3.55. The minimum absolute atomic E-state index is 0.0310. The molecule has 0 aliphatic heterocycles. The average molecular weight is 317 g/mol. The maximum Gasteiger partial charge on any atom is 0.354 e. The maximum absolute atomic E-state index is 11.0. The summed E-state index contributed by atoms with van der Waals surface area (Å²) < 4.78 is 0. The second-order valence-corrected chi connectivity index (χ2v) is 6.69. The van der Waals surface area contributed by atoms with E-state index in [0.29, 0.717) is 0 Å². The highest BCUT2D eigenvalue weighted by atomic mass is 32.2. The fourth-order valence-electron chi connectivity index (χ4n) is 1.93. The Balaban J connectivity index is 2.06. The Labute approximate surface area is 129 Å². The van der Waals surface area contributed by atoms with Crippen molar-refractivity contribution in [1.29, 1.82) is 0 Å². The normalized spacial score (nSPS) is 11.0. The molecule has 0 aliphatic carbocycles. The van der Waals surface area contributed by atoms with E-state index in [1.54, 1.807) is 29.8 Å². The molecule has 0 saturated heterocycles. The number of aromatic carboxylic acids is 1. The summed E-state index contributed by atoms with van der Waals surface area (Å²) in [4.78, 5) is 26.4. The molecule has 106 valence electrons. The zero-order chi connectivity index (χ0) is 15.0. The highest BCUT2D eigenvalue weighted by Gasteiger charge is 2.14. The molecule has 21 heavy (non-hydrogen) atoms. The zero-order valence-corrected chi connectivity index (χ0v) is 13.0. The Hall–Kier alpha value is -1.99. The number of carboxylic acids is 1. The van der Waals surface area contributed by atoms with Crippen molar-refractivity contribution in [3.8, 4) is 0 Å². The summed E-state index contributed by atoms with van der Waals surface area (Å²) in [5.74, 6) is -1.03. The molecule has 0 saturated carbocycles. The molecule has 0 radical (unpaired) electrons. The van der Waals surface area contributed by atoms with Crippen molar-refractivity contribution in [2.24, 2.45) is 0 Å². The number of thiophene rings is 1. The van der Waals surface area contributed by atoms with Crippen molar-refractivity contribution in [3.63, 3.8) is 0 Å². The molecule has 0 bridgehead atoms. The first-order valence-electron chi connectivity index (χ1n) is 6.14. The summed E-state index contributed by atoms with van der Waals surface area (Å²) in [5.41, 5.74) is 1.20. The quantitative estimate of drug-likeness (QED) is 0.744. The lowest BCUT2D eigenvalue weighted by Crippen LogP contribution is -1.99. The molecule has 0 amide bonds. The lowest BCUT2D eigenvalue weighted by Gasteiger charge is -2.04. The van der Waals surface area contributed by atoms with Gasteiger partial charge in [-0.3, -0.25) is 0 Å². The Morgan fingerprint density at radius 3 is 2.86 bits per heavy atom. The molecule has 3 aromatic heterocycles. The number of aromatic nitrogens is 3. The molecule has 3 aromatic rings. The van der Waals surface area contributed by atoms with Gasteiger partial charge in [-0.1, -0.05) is 11.8 Å². The van der Waals surface area contributed by atoms with Crippen LogP contribution in [0.25, 0.3) is 10.2 Å². The molecule has 5 nitrogen and oxygen atoms in total. The molecule has 7 heteroatoms. The van der Waals surface area contributed by atoms with Crippen LogP contribution in [0.5, 0.6) is 0 Å². The number of hydrogen-bond donors (Lipinski definition) is 1. The van der Waals surface area contributed by atoms with E-state index in [9.17, 15) is 4.79 Å². The number of hydrogen-bond acceptors (Lipinski definition) is 6. The van der Waals surface area contributed by atoms with Crippen molar-refractivity contribution >= 4 is 39.3 Å². The van der Waals surface area contributed by atoms with E-state index in [1.807, 2.05) is 0 Å². The van der Waals surface area contributed by atoms with Crippen LogP contribution in [0, 0.1) is 13.8 Å². The van der Waals surface area contributed by atoms with Crippen molar-refractivity contribution < 1.29 is 9.90 Å². The summed E-state index contributed by atoms with van der Waals surface area (Å²) in [6, 6.07) is 3.33. The van der Waals surface area contributed by atoms with Gasteiger partial charge in [-0.2, -0.15) is 0 Å². The SMILES string of the molecule is Cc1sc2ncnc(Sc3ccnc(C(=O)O)c3)c2c1C. The van der Waals surface area contributed by atoms with Gasteiger partial charge in [0.15, 0.2) is 0 Å². The van der Waals surface area contributed by atoms with Gasteiger partial charge in [0.25, 0.3) is 0 Å². The Bertz CT molecular complexity index is 845. The lowest BCUT2D eigenvalue weighted by molar-refractivity contribution is 0.0690. The minimum atomic E-state index is -1.03. The van der Waals surface area contributed by atoms with Crippen LogP contribution >= 0.6 is 23.1 Å². The van der Waals surface area contributed by atoms with Crippen molar-refractivity contribution in [3.05, 3.63) is 40.8 Å². The predicted molar refractivity (Wildman–Crippen MR) is 82.2 cm³/mol. The van der Waals surface area contributed by atoms with Crippen LogP contribution in [0.3, 0.4) is 0 Å². The van der Waals surface area contributed by atoms with Gasteiger partial charge in [0.2, 0.25) is 0 Å². The number of aryl methyl sites for hydroxylation is 2. The van der Waals surface area contributed by atoms with Crippen LogP contribution in [-0.2, 0) is 0 Å². The molecule has 1 N–H and O–H groups in total. The van der Waals surface area contributed by atoms with Crippen LogP contribution in [0.2, 0.25) is 0 Å². The summed E-state index contributed by atoms with van der Waals surface area (Å²) >= 11 is 3.07. The number of pyridine rings is 1. The summed E-state index contributed by atoms with van der Waals surface area (Å²) in [7, 11) is 0. The molecule has 0 spiro atoms. The van der Waals surface area contributed by atoms with Crippen LogP contribution in [0.1, 0.15) is 20.9 Å². The highest BCUT2D eigenvalue weighted by molar-refractivity contribution is 7.99. The van der Waals surface area contributed by atoms with Crippen LogP contribution in [0.4, 0.5) is 0 Å². The first kappa shape index (κ1) is 14.0. The highest BCUT2D eigenvalue weighted by Crippen LogP contribution is 2.37. The molecule has 3 heterocycles. The molecule has 3 rings (SSSR count). The van der Waals surface area contributed by atoms with Crippen molar-refractivity contribution in [1.82, 2.24) is 15.0 Å². The van der Waals surface area contributed by atoms with E-state index in [2.05, 4.69) is 28.8 Å². The van der Waals surface area contributed by atoms with Crippen molar-refractivity contribution in [2.45, 2.75) is 23.8 Å². The molecule has 0 aromatic carbocycles. The summed E-state index contributed by atoms with van der Waals surface area (Å²) in [5, 5.41) is 10.9. The third-order valence-electron chi connectivity index (χ3n) is 3.10. The van der Waals surface area contributed by atoms with Gasteiger partial charge in [0.05, 0.1) is 0 Å². The second kappa shape index (κ2) is 5.42. The lowest BCUT2D eigenvalue weighted by atomic mass is 10.2. The van der Waals surface area contributed by atoms with Gasteiger partial charge >= 0.3 is 5.97 Å². The molecular formula is C14H11N3O2S2. The summed E-state index contributed by atoms with van der Waals surface area (Å²) in [6.45, 7) is 4.11. The van der Waals surface area contributed by atoms with Gasteiger partial charge in [-0.05, 0) is 31.5 Å². The van der Waals surface area contributed by atoms with E-state index in [0.717, 1.165) is 20.1 Å². The van der Waals surface area contributed by atoms with Gasteiger partial charge < -0.3 is 5.11 Å². The van der Waals surface area contributed by atoms with Crippen molar-refractivity contribution in [2.75, 3.05) is 0 Å². The third kappa shape index (κ3) is 2.62. The fraction of sp³-hybridized carbons (Fsp3) is 0.143. The largest absolute Gasteiger partial charge is 0.477 e. The first-order valence-corrected chi connectivity index (χ1v) is 7.77. The molecule has 0 unspecified atom stereocenters. The number of carbonyl (C=O) groups is 1. The molecule has 0 fully saturated rings. The maximum atomic E-state index is 11.0. The second-order valence-electron chi connectivity index (χ2n) is 4.43. The Kier molecular flexibility index (Phi) is 3.60. The van der Waals surface area contributed by atoms with E-state index in [-0.39, 0.29) is 5.69 Å². The number of fused-ring (bicyclic) bond motifs is 1. The van der Waals surface area contributed by atoms with Gasteiger partial charge in [0.1, 0.15) is 21.9 Å². The van der Waals surface area contributed by atoms with Gasteiger partial charge in [0, 0.05) is 21.4 Å². The fourth-order valence-corrected chi connectivity index (χ4v) is 3.97. The number of rotatable bonds is 3. The smallest absolute Gasteiger partial charge is 0.354 e. The van der Waals surface area contributed by atoms with E-state index in [4.69, 9.17) is 5.11 Å². The topological polar surface area (TPSA) is 76.0 Å². The molecular weight excluding hydrogens is 306 g/mol. The standard InChI is InChI=1S/C14H11N3O2S2/c1-7-8(2)20-12-11(7)13(17-6-16-12)21-9-3-4-15-10(5-9)14(18)19/h3-6H,1-2H3,(H,18,19). The van der Waals surface area contributed by atoms with Gasteiger partial charge in [-0.25, -0.2) is 19.7 Å². The number of carboxylic acid groups (broad SMARTS) is 1. The number of nitrogens with zero attached hydrogens (tertiary/aromatic N) is 3. The Morgan fingerprint density at radius 2 is 2.10 bits per heavy atom. The first-order chi connectivity index (χ1) is 10.1. The average Bonchev–Trinajstić information content (AvgIpc) is 2.75. The summed E-state index contributed by atoms with van der Waals surface area (Å²) in [6.07, 6.45) is 3.04. The van der Waals surface area contributed by atoms with E-state index < -0.39 is 5.97 Å². The van der Waals surface area contributed by atoms with Gasteiger partial charge in [-0.15, -0.1) is 11.3 Å². The van der Waals surface area contributed by atoms with Crippen LogP contribution in [0.15, 0.2) is 34.6 Å².